The van der Waals surface area contributed by atoms with Gasteiger partial charge in [-0.2, -0.15) is 0 Å². The maximum absolute atomic E-state index is 11.0. The molecule has 0 saturated heterocycles. The monoisotopic (exact) mass is 298 g/mol. The molecule has 0 bridgehead atoms. The minimum Gasteiger partial charge on any atom is -0.478 e. The van der Waals surface area contributed by atoms with Gasteiger partial charge in [0, 0.05) is 11.4 Å². The largest absolute Gasteiger partial charge is 0.478 e. The van der Waals surface area contributed by atoms with Gasteiger partial charge in [0.05, 0.1) is 11.1 Å². The third kappa shape index (κ3) is 3.24. The molecule has 0 fully saturated rings. The minimum absolute atomic E-state index is 0.0191. The van der Waals surface area contributed by atoms with Gasteiger partial charge in [-0.25, -0.2) is 9.59 Å². The third-order valence-corrected chi connectivity index (χ3v) is 3.08. The molecule has 0 aromatic heterocycles. The lowest BCUT2D eigenvalue weighted by molar-refractivity contribution is 0.0687. The fourth-order valence-electron chi connectivity index (χ4n) is 1.92. The Kier molecular flexibility index (Phi) is 4.13. The molecule has 0 saturated carbocycles. The molecule has 2 rings (SSSR count). The van der Waals surface area contributed by atoms with Gasteiger partial charge in [-0.15, -0.1) is 0 Å². The summed E-state index contributed by atoms with van der Waals surface area (Å²) in [6.45, 7) is 0. The highest BCUT2D eigenvalue weighted by atomic mass is 16.4. The van der Waals surface area contributed by atoms with Crippen molar-refractivity contribution in [1.29, 1.82) is 0 Å². The maximum atomic E-state index is 11.0. The number of carboxylic acid groups (broad SMARTS) is 2. The summed E-state index contributed by atoms with van der Waals surface area (Å²) in [6.07, 6.45) is 3.34. The normalized spacial score (nSPS) is 10.7. The van der Waals surface area contributed by atoms with E-state index in [2.05, 4.69) is 0 Å². The number of hydrogen-bond donors (Lipinski definition) is 4. The van der Waals surface area contributed by atoms with Crippen LogP contribution >= 0.6 is 0 Å². The van der Waals surface area contributed by atoms with E-state index in [1.807, 2.05) is 0 Å². The van der Waals surface area contributed by atoms with Gasteiger partial charge in [0.1, 0.15) is 0 Å². The topological polar surface area (TPSA) is 127 Å². The lowest BCUT2D eigenvalue weighted by Gasteiger charge is -2.03. The van der Waals surface area contributed by atoms with Crippen LogP contribution in [0.5, 0.6) is 0 Å². The Morgan fingerprint density at radius 1 is 0.773 bits per heavy atom. The van der Waals surface area contributed by atoms with E-state index in [1.54, 1.807) is 24.3 Å². The lowest BCUT2D eigenvalue weighted by atomic mass is 10.1. The summed E-state index contributed by atoms with van der Waals surface area (Å²) in [6, 6.07) is 9.26. The van der Waals surface area contributed by atoms with E-state index >= 15 is 0 Å². The van der Waals surface area contributed by atoms with Crippen LogP contribution in [-0.2, 0) is 0 Å². The van der Waals surface area contributed by atoms with E-state index in [4.69, 9.17) is 21.7 Å². The number of nitrogens with two attached hydrogens (primary N) is 2. The average molecular weight is 298 g/mol. The molecule has 0 spiro atoms. The van der Waals surface area contributed by atoms with E-state index in [1.165, 1.54) is 24.3 Å². The van der Waals surface area contributed by atoms with E-state index in [9.17, 15) is 9.59 Å². The number of rotatable bonds is 4. The SMILES string of the molecule is Nc1ccc(/C=C/c2ccc(N)c(C(=O)O)c2)cc1C(=O)O. The van der Waals surface area contributed by atoms with Crippen LogP contribution in [0.25, 0.3) is 12.2 Å². The first-order chi connectivity index (χ1) is 10.4. The average Bonchev–Trinajstić information content (AvgIpc) is 2.47. The molecule has 0 atom stereocenters. The van der Waals surface area contributed by atoms with Crippen molar-refractivity contribution in [2.75, 3.05) is 11.5 Å². The van der Waals surface area contributed by atoms with E-state index in [0.717, 1.165) is 0 Å². The van der Waals surface area contributed by atoms with E-state index in [-0.39, 0.29) is 22.5 Å². The number of hydrogen-bond acceptors (Lipinski definition) is 4. The van der Waals surface area contributed by atoms with Crippen molar-refractivity contribution < 1.29 is 19.8 Å². The summed E-state index contributed by atoms with van der Waals surface area (Å²) in [7, 11) is 0. The molecule has 0 aliphatic carbocycles. The predicted molar refractivity (Wildman–Crippen MR) is 84.6 cm³/mol. The van der Waals surface area contributed by atoms with Crippen LogP contribution in [0, 0.1) is 0 Å². The van der Waals surface area contributed by atoms with Crippen LogP contribution in [0.2, 0.25) is 0 Å². The zero-order valence-corrected chi connectivity index (χ0v) is 11.5. The maximum Gasteiger partial charge on any atom is 0.337 e. The first kappa shape index (κ1) is 15.1. The van der Waals surface area contributed by atoms with Gasteiger partial charge in [-0.1, -0.05) is 24.3 Å². The Hall–Kier alpha value is -3.28. The summed E-state index contributed by atoms with van der Waals surface area (Å²) >= 11 is 0. The molecule has 0 unspecified atom stereocenters. The number of carboxylic acids is 2. The molecule has 0 radical (unpaired) electrons. The minimum atomic E-state index is -1.10. The smallest absolute Gasteiger partial charge is 0.337 e. The van der Waals surface area contributed by atoms with Crippen molar-refractivity contribution in [2.24, 2.45) is 0 Å². The zero-order chi connectivity index (χ0) is 16.3. The van der Waals surface area contributed by atoms with E-state index < -0.39 is 11.9 Å². The van der Waals surface area contributed by atoms with Crippen LogP contribution in [0.1, 0.15) is 31.8 Å². The summed E-state index contributed by atoms with van der Waals surface area (Å²) in [5.41, 5.74) is 12.9. The molecule has 112 valence electrons. The Morgan fingerprint density at radius 2 is 1.14 bits per heavy atom. The number of carbonyl (C=O) groups is 2. The van der Waals surface area contributed by atoms with Gasteiger partial charge in [-0.3, -0.25) is 0 Å². The second-order valence-corrected chi connectivity index (χ2v) is 4.64. The number of anilines is 2. The summed E-state index contributed by atoms with van der Waals surface area (Å²) in [4.78, 5) is 22.0. The van der Waals surface area contributed by atoms with Gasteiger partial charge in [0.15, 0.2) is 0 Å². The quantitative estimate of drug-likeness (QED) is 0.507. The van der Waals surface area contributed by atoms with Gasteiger partial charge in [-0.05, 0) is 35.4 Å². The summed E-state index contributed by atoms with van der Waals surface area (Å²) in [5.74, 6) is -2.21. The highest BCUT2D eigenvalue weighted by molar-refractivity contribution is 5.95. The van der Waals surface area contributed by atoms with Crippen LogP contribution in [0.15, 0.2) is 36.4 Å². The number of benzene rings is 2. The number of aromatic carboxylic acids is 2. The highest BCUT2D eigenvalue weighted by Gasteiger charge is 2.08. The second-order valence-electron chi connectivity index (χ2n) is 4.64. The fraction of sp³-hybridized carbons (Fsp3) is 0. The molecule has 6 nitrogen and oxygen atoms in total. The Balaban J connectivity index is 2.33. The van der Waals surface area contributed by atoms with Gasteiger partial charge in [0.2, 0.25) is 0 Å². The lowest BCUT2D eigenvalue weighted by Crippen LogP contribution is -2.02. The molecule has 0 aliphatic heterocycles. The predicted octanol–water partition coefficient (Wildman–Crippen LogP) is 2.42. The summed E-state index contributed by atoms with van der Waals surface area (Å²) in [5, 5.41) is 18.0. The van der Waals surface area contributed by atoms with Crippen molar-refractivity contribution in [3.63, 3.8) is 0 Å². The molecule has 2 aromatic rings. The molecule has 22 heavy (non-hydrogen) atoms. The van der Waals surface area contributed by atoms with Crippen molar-refractivity contribution >= 4 is 35.5 Å². The van der Waals surface area contributed by atoms with Crippen LogP contribution in [-0.4, -0.2) is 22.2 Å². The Labute approximate surface area is 126 Å². The van der Waals surface area contributed by atoms with Gasteiger partial charge < -0.3 is 21.7 Å². The van der Waals surface area contributed by atoms with Crippen molar-refractivity contribution in [3.8, 4) is 0 Å². The Morgan fingerprint density at radius 3 is 1.45 bits per heavy atom. The second kappa shape index (κ2) is 6.01. The molecule has 6 heteroatoms. The molecule has 0 aliphatic rings. The standard InChI is InChI=1S/C16H14N2O4/c17-13-5-3-9(7-11(13)15(19)20)1-2-10-4-6-14(18)12(8-10)16(21)22/h1-8H,17-18H2,(H,19,20)(H,21,22)/b2-1+. The first-order valence-corrected chi connectivity index (χ1v) is 6.32. The van der Waals surface area contributed by atoms with Crippen molar-refractivity contribution in [3.05, 3.63) is 58.7 Å². The van der Waals surface area contributed by atoms with Crippen LogP contribution < -0.4 is 11.5 Å². The molecule has 6 N–H and O–H groups in total. The highest BCUT2D eigenvalue weighted by Crippen LogP contribution is 2.19. The first-order valence-electron chi connectivity index (χ1n) is 6.32. The van der Waals surface area contributed by atoms with Crippen LogP contribution in [0.4, 0.5) is 11.4 Å². The van der Waals surface area contributed by atoms with Crippen molar-refractivity contribution in [2.45, 2.75) is 0 Å². The fourth-order valence-corrected chi connectivity index (χ4v) is 1.92. The van der Waals surface area contributed by atoms with Crippen molar-refractivity contribution in [1.82, 2.24) is 0 Å². The van der Waals surface area contributed by atoms with E-state index in [0.29, 0.717) is 11.1 Å². The van der Waals surface area contributed by atoms with Gasteiger partial charge in [0.25, 0.3) is 0 Å². The molecule has 0 heterocycles. The van der Waals surface area contributed by atoms with Gasteiger partial charge >= 0.3 is 11.9 Å². The number of nitrogen functional groups attached to an aromatic ring is 2. The molecular weight excluding hydrogens is 284 g/mol. The molecule has 2 aromatic carbocycles. The third-order valence-electron chi connectivity index (χ3n) is 3.08. The summed E-state index contributed by atoms with van der Waals surface area (Å²) < 4.78 is 0. The van der Waals surface area contributed by atoms with Crippen LogP contribution in [0.3, 0.4) is 0 Å². The molecule has 0 amide bonds. The molecular formula is C16H14N2O4. The zero-order valence-electron chi connectivity index (χ0n) is 11.5. The Bertz CT molecular complexity index is 716.